The first-order chi connectivity index (χ1) is 14.8. The first kappa shape index (κ1) is 21.6. The molecule has 1 saturated carbocycles. The Morgan fingerprint density at radius 2 is 1.71 bits per heavy atom. The van der Waals surface area contributed by atoms with E-state index < -0.39 is 10.0 Å². The summed E-state index contributed by atoms with van der Waals surface area (Å²) in [5.74, 6) is 0.394. The summed E-state index contributed by atoms with van der Waals surface area (Å²) in [5, 5.41) is 2.97. The Balaban J connectivity index is 1.30. The van der Waals surface area contributed by atoms with E-state index in [4.69, 9.17) is 9.47 Å². The third-order valence-electron chi connectivity index (χ3n) is 5.80. The van der Waals surface area contributed by atoms with Crippen molar-refractivity contribution in [3.63, 3.8) is 0 Å². The van der Waals surface area contributed by atoms with E-state index in [0.717, 1.165) is 5.56 Å². The van der Waals surface area contributed by atoms with Gasteiger partial charge in [-0.2, -0.15) is 0 Å². The highest BCUT2D eigenvalue weighted by Crippen LogP contribution is 2.34. The number of carbonyl (C=O) groups excluding carboxylic acids is 1. The molecule has 1 amide bonds. The topological polar surface area (TPSA) is 93.7 Å². The van der Waals surface area contributed by atoms with Crippen molar-refractivity contribution in [3.8, 4) is 11.5 Å². The van der Waals surface area contributed by atoms with Crippen molar-refractivity contribution in [1.82, 2.24) is 10.0 Å². The molecule has 2 N–H and O–H groups in total. The molecule has 0 radical (unpaired) electrons. The molecule has 4 rings (SSSR count). The Labute approximate surface area is 181 Å². The van der Waals surface area contributed by atoms with Gasteiger partial charge in [-0.15, -0.1) is 0 Å². The van der Waals surface area contributed by atoms with E-state index in [9.17, 15) is 17.6 Å². The summed E-state index contributed by atoms with van der Waals surface area (Å²) >= 11 is 0. The Morgan fingerprint density at radius 1 is 1.03 bits per heavy atom. The van der Waals surface area contributed by atoms with Gasteiger partial charge in [-0.3, -0.25) is 4.79 Å². The lowest BCUT2D eigenvalue weighted by molar-refractivity contribution is -0.126. The fourth-order valence-corrected chi connectivity index (χ4v) is 5.29. The zero-order chi connectivity index (χ0) is 22.0. The van der Waals surface area contributed by atoms with Crippen LogP contribution >= 0.6 is 0 Å². The third-order valence-corrected chi connectivity index (χ3v) is 7.32. The molecule has 1 fully saturated rings. The van der Waals surface area contributed by atoms with Crippen LogP contribution in [0.3, 0.4) is 0 Å². The summed E-state index contributed by atoms with van der Waals surface area (Å²) in [6, 6.07) is 10.1. The molecule has 0 unspecified atom stereocenters. The number of rotatable bonds is 6. The first-order valence-corrected chi connectivity index (χ1v) is 11.8. The number of carbonyl (C=O) groups is 1. The molecule has 2 aromatic carbocycles. The monoisotopic (exact) mass is 448 g/mol. The summed E-state index contributed by atoms with van der Waals surface area (Å²) in [5.41, 5.74) is 0.833. The normalized spacial score (nSPS) is 21.5. The fourth-order valence-electron chi connectivity index (χ4n) is 3.97. The van der Waals surface area contributed by atoms with Gasteiger partial charge < -0.3 is 14.8 Å². The number of amides is 1. The van der Waals surface area contributed by atoms with Crippen LogP contribution in [0.2, 0.25) is 0 Å². The smallest absolute Gasteiger partial charge is 0.240 e. The van der Waals surface area contributed by atoms with Crippen LogP contribution in [0.5, 0.6) is 11.5 Å². The fraction of sp³-hybridized carbons (Fsp3) is 0.409. The molecule has 2 aliphatic rings. The number of halogens is 1. The number of hydrogen-bond acceptors (Lipinski definition) is 5. The number of hydrogen-bond donors (Lipinski definition) is 2. The number of ether oxygens (including phenoxy) is 2. The SMILES string of the molecule is C[C@@H](NC(=O)C1CCC(NS(=O)(=O)c2ccc3c(c2)OCO3)CC1)c1ccc(F)cc1. The van der Waals surface area contributed by atoms with Crippen molar-refractivity contribution in [1.29, 1.82) is 0 Å². The highest BCUT2D eigenvalue weighted by molar-refractivity contribution is 7.89. The molecule has 0 saturated heterocycles. The first-order valence-electron chi connectivity index (χ1n) is 10.3. The molecule has 2 aromatic rings. The molecular weight excluding hydrogens is 423 g/mol. The van der Waals surface area contributed by atoms with Crippen molar-refractivity contribution >= 4 is 15.9 Å². The maximum absolute atomic E-state index is 13.1. The van der Waals surface area contributed by atoms with Gasteiger partial charge in [0.1, 0.15) is 5.82 Å². The predicted octanol–water partition coefficient (Wildman–Crippen LogP) is 3.27. The molecule has 1 aliphatic carbocycles. The molecule has 9 heteroatoms. The molecule has 0 aromatic heterocycles. The van der Waals surface area contributed by atoms with E-state index in [1.54, 1.807) is 18.2 Å². The lowest BCUT2D eigenvalue weighted by atomic mass is 9.85. The van der Waals surface area contributed by atoms with Gasteiger partial charge in [-0.05, 0) is 62.4 Å². The number of nitrogens with one attached hydrogen (secondary N) is 2. The molecule has 31 heavy (non-hydrogen) atoms. The van der Waals surface area contributed by atoms with Crippen molar-refractivity contribution in [2.45, 2.75) is 49.6 Å². The lowest BCUT2D eigenvalue weighted by Crippen LogP contribution is -2.41. The van der Waals surface area contributed by atoms with Crippen LogP contribution in [0.15, 0.2) is 47.4 Å². The van der Waals surface area contributed by atoms with Crippen molar-refractivity contribution in [3.05, 3.63) is 53.8 Å². The van der Waals surface area contributed by atoms with Crippen LogP contribution in [-0.4, -0.2) is 27.2 Å². The van der Waals surface area contributed by atoms with Crippen LogP contribution < -0.4 is 19.5 Å². The molecule has 0 bridgehead atoms. The minimum absolute atomic E-state index is 0.0612. The number of benzene rings is 2. The van der Waals surface area contributed by atoms with Gasteiger partial charge in [0, 0.05) is 18.0 Å². The van der Waals surface area contributed by atoms with Crippen LogP contribution in [0.1, 0.15) is 44.2 Å². The van der Waals surface area contributed by atoms with E-state index in [-0.39, 0.29) is 41.4 Å². The second-order valence-corrected chi connectivity index (χ2v) is 9.68. The third kappa shape index (κ3) is 4.99. The average Bonchev–Trinajstić information content (AvgIpc) is 3.22. The van der Waals surface area contributed by atoms with Gasteiger partial charge in [0.2, 0.25) is 22.7 Å². The van der Waals surface area contributed by atoms with Crippen LogP contribution in [0.25, 0.3) is 0 Å². The zero-order valence-corrected chi connectivity index (χ0v) is 18.0. The second kappa shape index (κ2) is 8.84. The molecule has 0 spiro atoms. The summed E-state index contributed by atoms with van der Waals surface area (Å²) < 4.78 is 51.8. The molecule has 1 aliphatic heterocycles. The number of sulfonamides is 1. The van der Waals surface area contributed by atoms with Crippen molar-refractivity contribution in [2.75, 3.05) is 6.79 Å². The standard InChI is InChI=1S/C22H25FN2O5S/c1-14(15-2-6-17(23)7-3-15)24-22(26)16-4-8-18(9-5-16)25-31(27,28)19-10-11-20-21(12-19)30-13-29-20/h2-3,6-7,10-12,14,16,18,25H,4-5,8-9,13H2,1H3,(H,24,26)/t14-,16?,18?/m1/s1. The minimum Gasteiger partial charge on any atom is -0.454 e. The Kier molecular flexibility index (Phi) is 6.15. The van der Waals surface area contributed by atoms with Gasteiger partial charge in [-0.25, -0.2) is 17.5 Å². The summed E-state index contributed by atoms with van der Waals surface area (Å²) in [7, 11) is -3.69. The van der Waals surface area contributed by atoms with E-state index in [1.165, 1.54) is 24.3 Å². The summed E-state index contributed by atoms with van der Waals surface area (Å²) in [6.07, 6.45) is 2.34. The van der Waals surface area contributed by atoms with Gasteiger partial charge in [-0.1, -0.05) is 12.1 Å². The van der Waals surface area contributed by atoms with E-state index in [1.807, 2.05) is 6.92 Å². The largest absolute Gasteiger partial charge is 0.454 e. The van der Waals surface area contributed by atoms with Crippen LogP contribution in [-0.2, 0) is 14.8 Å². The summed E-state index contributed by atoms with van der Waals surface area (Å²) in [4.78, 5) is 12.8. The van der Waals surface area contributed by atoms with Crippen LogP contribution in [0, 0.1) is 11.7 Å². The van der Waals surface area contributed by atoms with Gasteiger partial charge in [0.15, 0.2) is 11.5 Å². The number of fused-ring (bicyclic) bond motifs is 1. The van der Waals surface area contributed by atoms with E-state index in [0.29, 0.717) is 37.2 Å². The second-order valence-electron chi connectivity index (χ2n) is 7.97. The maximum Gasteiger partial charge on any atom is 0.240 e. The Bertz CT molecular complexity index is 1050. The van der Waals surface area contributed by atoms with E-state index >= 15 is 0 Å². The van der Waals surface area contributed by atoms with Crippen molar-refractivity contribution in [2.24, 2.45) is 5.92 Å². The lowest BCUT2D eigenvalue weighted by Gasteiger charge is -2.29. The molecular formula is C22H25FN2O5S. The highest BCUT2D eigenvalue weighted by atomic mass is 32.2. The van der Waals surface area contributed by atoms with Gasteiger partial charge in [0.25, 0.3) is 0 Å². The Hall–Kier alpha value is -2.65. The predicted molar refractivity (Wildman–Crippen MR) is 112 cm³/mol. The summed E-state index contributed by atoms with van der Waals surface area (Å²) in [6.45, 7) is 1.94. The minimum atomic E-state index is -3.69. The quantitative estimate of drug-likeness (QED) is 0.708. The van der Waals surface area contributed by atoms with E-state index in [2.05, 4.69) is 10.0 Å². The molecule has 7 nitrogen and oxygen atoms in total. The molecule has 166 valence electrons. The van der Waals surface area contributed by atoms with Gasteiger partial charge >= 0.3 is 0 Å². The highest BCUT2D eigenvalue weighted by Gasteiger charge is 2.30. The average molecular weight is 449 g/mol. The maximum atomic E-state index is 13.1. The molecule has 1 heterocycles. The van der Waals surface area contributed by atoms with Gasteiger partial charge in [0.05, 0.1) is 10.9 Å². The zero-order valence-electron chi connectivity index (χ0n) is 17.1. The molecule has 1 atom stereocenters. The van der Waals surface area contributed by atoms with Crippen LogP contribution in [0.4, 0.5) is 4.39 Å². The van der Waals surface area contributed by atoms with Crippen molar-refractivity contribution < 1.29 is 27.1 Å². The Morgan fingerprint density at radius 3 is 2.42 bits per heavy atom.